The number of piperazine rings is 1. The number of unbranched alkanes of at least 4 members (excludes halogenated alkanes) is 1. The number of aromatic nitrogens is 2. The average molecular weight is 355 g/mol. The Labute approximate surface area is 147 Å². The molecule has 0 saturated carbocycles. The van der Waals surface area contributed by atoms with E-state index < -0.39 is 6.04 Å². The summed E-state index contributed by atoms with van der Waals surface area (Å²) in [6.07, 6.45) is 2.77. The molecule has 1 fully saturated rings. The Morgan fingerprint density at radius 3 is 2.68 bits per heavy atom. The number of hydrogen-bond acceptors (Lipinski definition) is 8. The SMILES string of the molecule is NCCCC[C@H](N)c1nnc([C@H](CCO)NC(=O)N2CCNCC2)o1. The summed E-state index contributed by atoms with van der Waals surface area (Å²) in [5.41, 5.74) is 11.5. The molecule has 2 rings (SSSR count). The summed E-state index contributed by atoms with van der Waals surface area (Å²) >= 11 is 0. The molecule has 10 heteroatoms. The van der Waals surface area contributed by atoms with E-state index in [0.29, 0.717) is 38.4 Å². The molecule has 0 radical (unpaired) electrons. The van der Waals surface area contributed by atoms with Gasteiger partial charge in [0.1, 0.15) is 6.04 Å². The largest absolute Gasteiger partial charge is 0.421 e. The van der Waals surface area contributed by atoms with E-state index in [1.54, 1.807) is 4.90 Å². The first-order chi connectivity index (χ1) is 12.2. The van der Waals surface area contributed by atoms with Crippen LogP contribution in [0, 0.1) is 0 Å². The highest BCUT2D eigenvalue weighted by Gasteiger charge is 2.25. The fraction of sp³-hybridized carbons (Fsp3) is 0.800. The van der Waals surface area contributed by atoms with Gasteiger partial charge in [-0.3, -0.25) is 0 Å². The summed E-state index contributed by atoms with van der Waals surface area (Å²) in [6.45, 7) is 3.32. The number of nitrogens with two attached hydrogens (primary N) is 2. The van der Waals surface area contributed by atoms with E-state index in [0.717, 1.165) is 25.9 Å². The van der Waals surface area contributed by atoms with Gasteiger partial charge in [0.2, 0.25) is 11.8 Å². The van der Waals surface area contributed by atoms with Crippen LogP contribution in [0.5, 0.6) is 0 Å². The van der Waals surface area contributed by atoms with Crippen LogP contribution < -0.4 is 22.1 Å². The molecule has 0 spiro atoms. The molecule has 0 bridgehead atoms. The van der Waals surface area contributed by atoms with E-state index in [1.165, 1.54) is 0 Å². The zero-order valence-corrected chi connectivity index (χ0v) is 14.5. The van der Waals surface area contributed by atoms with Crippen LogP contribution in [-0.4, -0.2) is 65.6 Å². The van der Waals surface area contributed by atoms with Crippen molar-refractivity contribution in [3.05, 3.63) is 11.8 Å². The van der Waals surface area contributed by atoms with Gasteiger partial charge in [-0.1, -0.05) is 6.42 Å². The summed E-state index contributed by atoms with van der Waals surface area (Å²) < 4.78 is 5.64. The number of nitrogens with one attached hydrogen (secondary N) is 2. The first kappa shape index (κ1) is 19.6. The van der Waals surface area contributed by atoms with Crippen molar-refractivity contribution in [2.75, 3.05) is 39.3 Å². The number of hydrogen-bond donors (Lipinski definition) is 5. The van der Waals surface area contributed by atoms with Gasteiger partial charge >= 0.3 is 6.03 Å². The second-order valence-corrected chi connectivity index (χ2v) is 6.12. The maximum Gasteiger partial charge on any atom is 0.318 e. The number of nitrogens with zero attached hydrogens (tertiary/aromatic N) is 3. The molecule has 1 aliphatic rings. The third kappa shape index (κ3) is 5.92. The zero-order valence-electron chi connectivity index (χ0n) is 14.5. The van der Waals surface area contributed by atoms with Crippen LogP contribution in [0.1, 0.15) is 49.5 Å². The number of carbonyl (C=O) groups is 1. The molecule has 7 N–H and O–H groups in total. The molecule has 10 nitrogen and oxygen atoms in total. The predicted octanol–water partition coefficient (Wildman–Crippen LogP) is -0.763. The van der Waals surface area contributed by atoms with Crippen molar-refractivity contribution in [1.29, 1.82) is 0 Å². The summed E-state index contributed by atoms with van der Waals surface area (Å²) in [6, 6.07) is -1.09. The molecular formula is C15H29N7O3. The Balaban J connectivity index is 1.95. The minimum absolute atomic E-state index is 0.104. The molecule has 1 aliphatic heterocycles. The lowest BCUT2D eigenvalue weighted by Crippen LogP contribution is -2.50. The molecule has 1 saturated heterocycles. The Bertz CT molecular complexity index is 519. The Morgan fingerprint density at radius 1 is 1.28 bits per heavy atom. The molecule has 1 aromatic heterocycles. The second kappa shape index (κ2) is 10.3. The van der Waals surface area contributed by atoms with Gasteiger partial charge in [0, 0.05) is 32.8 Å². The first-order valence-corrected chi connectivity index (χ1v) is 8.81. The van der Waals surface area contributed by atoms with Crippen molar-refractivity contribution in [2.45, 2.75) is 37.8 Å². The highest BCUT2D eigenvalue weighted by atomic mass is 16.4. The quantitative estimate of drug-likeness (QED) is 0.362. The van der Waals surface area contributed by atoms with Crippen LogP contribution in [0.15, 0.2) is 4.42 Å². The highest BCUT2D eigenvalue weighted by Crippen LogP contribution is 2.20. The maximum atomic E-state index is 12.4. The van der Waals surface area contributed by atoms with Gasteiger partial charge < -0.3 is 36.5 Å². The van der Waals surface area contributed by atoms with Crippen LogP contribution in [0.3, 0.4) is 0 Å². The van der Waals surface area contributed by atoms with E-state index in [2.05, 4.69) is 20.8 Å². The minimum atomic E-state index is -0.537. The third-order valence-electron chi connectivity index (χ3n) is 4.16. The fourth-order valence-corrected chi connectivity index (χ4v) is 2.66. The van der Waals surface area contributed by atoms with Crippen molar-refractivity contribution < 1.29 is 14.3 Å². The molecular weight excluding hydrogens is 326 g/mol. The van der Waals surface area contributed by atoms with E-state index in [9.17, 15) is 9.90 Å². The lowest BCUT2D eigenvalue weighted by Gasteiger charge is -2.28. The smallest absolute Gasteiger partial charge is 0.318 e. The van der Waals surface area contributed by atoms with Gasteiger partial charge in [0.05, 0.1) is 6.04 Å². The Morgan fingerprint density at radius 2 is 2.00 bits per heavy atom. The average Bonchev–Trinajstić information content (AvgIpc) is 3.12. The van der Waals surface area contributed by atoms with Gasteiger partial charge in [-0.05, 0) is 25.8 Å². The van der Waals surface area contributed by atoms with Crippen LogP contribution in [0.2, 0.25) is 0 Å². The molecule has 2 amide bonds. The van der Waals surface area contributed by atoms with E-state index in [-0.39, 0.29) is 24.6 Å². The van der Waals surface area contributed by atoms with Crippen molar-refractivity contribution in [1.82, 2.24) is 25.7 Å². The molecule has 2 atom stereocenters. The number of rotatable bonds is 9. The molecule has 142 valence electrons. The lowest BCUT2D eigenvalue weighted by molar-refractivity contribution is 0.178. The van der Waals surface area contributed by atoms with Crippen molar-refractivity contribution in [2.24, 2.45) is 11.5 Å². The number of amides is 2. The second-order valence-electron chi connectivity index (χ2n) is 6.12. The van der Waals surface area contributed by atoms with Gasteiger partial charge in [0.15, 0.2) is 0 Å². The molecule has 0 aliphatic carbocycles. The maximum absolute atomic E-state index is 12.4. The topological polar surface area (TPSA) is 156 Å². The number of aliphatic hydroxyl groups is 1. The van der Waals surface area contributed by atoms with Crippen LogP contribution in [0.4, 0.5) is 4.79 Å². The number of carbonyl (C=O) groups excluding carboxylic acids is 1. The third-order valence-corrected chi connectivity index (χ3v) is 4.16. The molecule has 1 aromatic rings. The monoisotopic (exact) mass is 355 g/mol. The molecule has 0 unspecified atom stereocenters. The van der Waals surface area contributed by atoms with E-state index in [1.807, 2.05) is 0 Å². The summed E-state index contributed by atoms with van der Waals surface area (Å²) in [7, 11) is 0. The standard InChI is InChI=1S/C15H29N7O3/c16-5-2-1-3-11(17)13-20-21-14(25-13)12(4-10-23)19-15(24)22-8-6-18-7-9-22/h11-12,18,23H,1-10,16-17H2,(H,19,24)/t11-,12-/m0/s1. The van der Waals surface area contributed by atoms with Crippen LogP contribution in [-0.2, 0) is 0 Å². The minimum Gasteiger partial charge on any atom is -0.421 e. The van der Waals surface area contributed by atoms with E-state index >= 15 is 0 Å². The van der Waals surface area contributed by atoms with Gasteiger partial charge in [-0.2, -0.15) is 0 Å². The summed E-state index contributed by atoms with van der Waals surface area (Å²) in [5, 5.41) is 23.3. The number of aliphatic hydroxyl groups excluding tert-OH is 1. The molecule has 2 heterocycles. The fourth-order valence-electron chi connectivity index (χ4n) is 2.66. The van der Waals surface area contributed by atoms with E-state index in [4.69, 9.17) is 15.9 Å². The number of urea groups is 1. The van der Waals surface area contributed by atoms with Gasteiger partial charge in [-0.25, -0.2) is 4.79 Å². The van der Waals surface area contributed by atoms with Crippen LogP contribution in [0.25, 0.3) is 0 Å². The van der Waals surface area contributed by atoms with Gasteiger partial charge in [-0.15, -0.1) is 10.2 Å². The highest BCUT2D eigenvalue weighted by molar-refractivity contribution is 5.74. The lowest BCUT2D eigenvalue weighted by atomic mass is 10.1. The zero-order chi connectivity index (χ0) is 18.1. The normalized spacial score (nSPS) is 17.3. The predicted molar refractivity (Wildman–Crippen MR) is 91.6 cm³/mol. The van der Waals surface area contributed by atoms with Crippen molar-refractivity contribution in [3.8, 4) is 0 Å². The molecule has 25 heavy (non-hydrogen) atoms. The van der Waals surface area contributed by atoms with Crippen LogP contribution >= 0.6 is 0 Å². The van der Waals surface area contributed by atoms with Crippen molar-refractivity contribution in [3.63, 3.8) is 0 Å². The van der Waals surface area contributed by atoms with Gasteiger partial charge in [0.25, 0.3) is 0 Å². The summed E-state index contributed by atoms with van der Waals surface area (Å²) in [5.74, 6) is 0.605. The Kier molecular flexibility index (Phi) is 8.06. The molecule has 0 aromatic carbocycles. The van der Waals surface area contributed by atoms with Crippen molar-refractivity contribution >= 4 is 6.03 Å². The first-order valence-electron chi connectivity index (χ1n) is 8.81. The summed E-state index contributed by atoms with van der Waals surface area (Å²) in [4.78, 5) is 14.1. The Hall–Kier alpha value is -1.75.